The lowest BCUT2D eigenvalue weighted by molar-refractivity contribution is -0.133. The van der Waals surface area contributed by atoms with E-state index in [0.717, 1.165) is 45.5 Å². The van der Waals surface area contributed by atoms with E-state index >= 15 is 0 Å². The molecule has 0 unspecified atom stereocenters. The van der Waals surface area contributed by atoms with E-state index in [1.54, 1.807) is 19.1 Å². The summed E-state index contributed by atoms with van der Waals surface area (Å²) < 4.78 is 23.0. The highest BCUT2D eigenvalue weighted by Gasteiger charge is 2.21. The Kier molecular flexibility index (Phi) is 5.09. The van der Waals surface area contributed by atoms with Crippen LogP contribution in [0.15, 0.2) is 54.7 Å². The van der Waals surface area contributed by atoms with Crippen molar-refractivity contribution in [3.63, 3.8) is 0 Å². The number of carbonyl (C=O) groups excluding carboxylic acids is 1. The molecule has 5 rings (SSSR count). The van der Waals surface area contributed by atoms with Crippen molar-refractivity contribution >= 4 is 33.7 Å². The zero-order valence-corrected chi connectivity index (χ0v) is 18.0. The molecule has 7 heteroatoms. The normalized spacial score (nSPS) is 11.6. The number of aryl methyl sites for hydroxylation is 3. The van der Waals surface area contributed by atoms with Crippen molar-refractivity contribution in [3.8, 4) is 5.75 Å². The van der Waals surface area contributed by atoms with Gasteiger partial charge in [0.2, 0.25) is 0 Å². The maximum atomic E-state index is 13.3. The molecule has 162 valence electrons. The highest BCUT2D eigenvalue weighted by molar-refractivity contribution is 6.00. The average Bonchev–Trinajstić information content (AvgIpc) is 3.36. The quantitative estimate of drug-likeness (QED) is 0.352. The average molecular weight is 430 g/mol. The molecule has 0 atom stereocenters. The van der Waals surface area contributed by atoms with Gasteiger partial charge in [-0.05, 0) is 36.2 Å². The van der Waals surface area contributed by atoms with E-state index in [9.17, 15) is 9.18 Å². The van der Waals surface area contributed by atoms with Gasteiger partial charge in [0.05, 0.1) is 11.0 Å². The summed E-state index contributed by atoms with van der Waals surface area (Å²) in [4.78, 5) is 22.0. The highest BCUT2D eigenvalue weighted by Crippen LogP contribution is 2.34. The Morgan fingerprint density at radius 1 is 1.03 bits per heavy atom. The molecular formula is C25H23FN4O2. The number of imidazole rings is 1. The van der Waals surface area contributed by atoms with E-state index in [2.05, 4.69) is 6.92 Å². The second-order valence-electron chi connectivity index (χ2n) is 7.73. The topological polar surface area (TPSA) is 61.4 Å². The Morgan fingerprint density at radius 2 is 1.81 bits per heavy atom. The van der Waals surface area contributed by atoms with Crippen molar-refractivity contribution in [1.82, 2.24) is 18.9 Å². The summed E-state index contributed by atoms with van der Waals surface area (Å²) in [7, 11) is 0. The third-order valence-corrected chi connectivity index (χ3v) is 5.68. The van der Waals surface area contributed by atoms with Crippen LogP contribution in [0, 0.1) is 5.82 Å². The number of carbonyl (C=O) groups is 1. The summed E-state index contributed by atoms with van der Waals surface area (Å²) in [6.45, 7) is 4.44. The van der Waals surface area contributed by atoms with E-state index in [1.807, 2.05) is 39.4 Å². The molecule has 0 aliphatic carbocycles. The first kappa shape index (κ1) is 20.2. The fourth-order valence-electron chi connectivity index (χ4n) is 4.06. The van der Waals surface area contributed by atoms with E-state index in [-0.39, 0.29) is 18.2 Å². The molecule has 5 aromatic rings. The number of nitrogens with zero attached hydrogens (tertiary/aromatic N) is 4. The van der Waals surface area contributed by atoms with Gasteiger partial charge in [-0.2, -0.15) is 0 Å². The van der Waals surface area contributed by atoms with Gasteiger partial charge in [-0.3, -0.25) is 9.20 Å². The first-order valence-corrected chi connectivity index (χ1v) is 10.8. The van der Waals surface area contributed by atoms with Gasteiger partial charge < -0.3 is 9.30 Å². The van der Waals surface area contributed by atoms with Gasteiger partial charge in [0.25, 0.3) is 0 Å². The van der Waals surface area contributed by atoms with Crippen molar-refractivity contribution in [2.24, 2.45) is 0 Å². The predicted molar refractivity (Wildman–Crippen MR) is 121 cm³/mol. The van der Waals surface area contributed by atoms with Crippen LogP contribution in [-0.2, 0) is 24.2 Å². The van der Waals surface area contributed by atoms with Gasteiger partial charge in [-0.15, -0.1) is 0 Å². The van der Waals surface area contributed by atoms with Gasteiger partial charge in [0.15, 0.2) is 11.4 Å². The lowest BCUT2D eigenvalue weighted by Gasteiger charge is -2.08. The van der Waals surface area contributed by atoms with Crippen molar-refractivity contribution in [1.29, 1.82) is 0 Å². The van der Waals surface area contributed by atoms with Crippen molar-refractivity contribution in [3.05, 3.63) is 71.9 Å². The Balaban J connectivity index is 1.71. The number of para-hydroxylation sites is 2. The summed E-state index contributed by atoms with van der Waals surface area (Å²) in [6, 6.07) is 14.4. The SMILES string of the molecule is CCC(=O)Oc1cn(CCc2ccc(F)cc2)c2nc(CC)n3c4ccccc4nc3c12. The number of benzene rings is 2. The third-order valence-electron chi connectivity index (χ3n) is 5.68. The van der Waals surface area contributed by atoms with E-state index in [1.165, 1.54) is 12.1 Å². The van der Waals surface area contributed by atoms with Crippen LogP contribution in [0.3, 0.4) is 0 Å². The minimum absolute atomic E-state index is 0.253. The van der Waals surface area contributed by atoms with Crippen LogP contribution in [0.4, 0.5) is 4.39 Å². The molecule has 0 aliphatic heterocycles. The second-order valence-corrected chi connectivity index (χ2v) is 7.73. The molecule has 0 amide bonds. The first-order chi connectivity index (χ1) is 15.6. The van der Waals surface area contributed by atoms with Crippen molar-refractivity contribution in [2.75, 3.05) is 0 Å². The van der Waals surface area contributed by atoms with E-state index in [4.69, 9.17) is 14.7 Å². The minimum atomic E-state index is -0.309. The zero-order valence-electron chi connectivity index (χ0n) is 18.0. The van der Waals surface area contributed by atoms with Crippen LogP contribution in [0.2, 0.25) is 0 Å². The molecule has 0 aliphatic rings. The molecule has 0 fully saturated rings. The van der Waals surface area contributed by atoms with Gasteiger partial charge in [0, 0.05) is 25.6 Å². The molecule has 6 nitrogen and oxygen atoms in total. The van der Waals surface area contributed by atoms with Crippen LogP contribution in [-0.4, -0.2) is 24.9 Å². The minimum Gasteiger partial charge on any atom is -0.424 e. The Bertz CT molecular complexity index is 1450. The van der Waals surface area contributed by atoms with Gasteiger partial charge in [-0.1, -0.05) is 38.1 Å². The molecule has 2 aromatic carbocycles. The summed E-state index contributed by atoms with van der Waals surface area (Å²) >= 11 is 0. The van der Waals surface area contributed by atoms with Crippen LogP contribution >= 0.6 is 0 Å². The lowest BCUT2D eigenvalue weighted by Crippen LogP contribution is -2.06. The molecular weight excluding hydrogens is 407 g/mol. The molecule has 0 saturated carbocycles. The Morgan fingerprint density at radius 3 is 2.56 bits per heavy atom. The summed E-state index contributed by atoms with van der Waals surface area (Å²) in [5.41, 5.74) is 4.31. The fourth-order valence-corrected chi connectivity index (χ4v) is 4.06. The van der Waals surface area contributed by atoms with Crippen LogP contribution < -0.4 is 4.74 Å². The summed E-state index contributed by atoms with van der Waals surface area (Å²) in [6.07, 6.45) is 3.51. The molecule has 3 heterocycles. The highest BCUT2D eigenvalue weighted by atomic mass is 19.1. The molecule has 32 heavy (non-hydrogen) atoms. The van der Waals surface area contributed by atoms with Crippen LogP contribution in [0.25, 0.3) is 27.7 Å². The number of ether oxygens (including phenoxy) is 1. The number of esters is 1. The van der Waals surface area contributed by atoms with Crippen LogP contribution in [0.1, 0.15) is 31.7 Å². The molecule has 0 N–H and O–H groups in total. The Hall–Kier alpha value is -3.74. The van der Waals surface area contributed by atoms with Crippen LogP contribution in [0.5, 0.6) is 5.75 Å². The smallest absolute Gasteiger partial charge is 0.310 e. The zero-order chi connectivity index (χ0) is 22.2. The molecule has 0 bridgehead atoms. The second kappa shape index (κ2) is 8.07. The van der Waals surface area contributed by atoms with Crippen molar-refractivity contribution < 1.29 is 13.9 Å². The number of hydrogen-bond donors (Lipinski definition) is 0. The first-order valence-electron chi connectivity index (χ1n) is 10.8. The number of hydrogen-bond acceptors (Lipinski definition) is 4. The Labute approximate surface area is 184 Å². The van der Waals surface area contributed by atoms with Crippen molar-refractivity contribution in [2.45, 2.75) is 39.7 Å². The monoisotopic (exact) mass is 430 g/mol. The number of fused-ring (bicyclic) bond motifs is 5. The molecule has 0 saturated heterocycles. The van der Waals surface area contributed by atoms with Gasteiger partial charge in [0.1, 0.15) is 22.7 Å². The molecule has 0 radical (unpaired) electrons. The standard InChI is InChI=1S/C25H23FN4O2/c1-3-21-28-24-23(25-27-18-7-5-6-8-19(18)30(21)25)20(32-22(31)4-2)15-29(24)14-13-16-9-11-17(26)12-10-16/h5-12,15H,3-4,13-14H2,1-2H3. The third kappa shape index (κ3) is 3.39. The largest absolute Gasteiger partial charge is 0.424 e. The number of aromatic nitrogens is 4. The maximum Gasteiger partial charge on any atom is 0.310 e. The van der Waals surface area contributed by atoms with E-state index in [0.29, 0.717) is 18.7 Å². The molecule has 0 spiro atoms. The van der Waals surface area contributed by atoms with Gasteiger partial charge in [-0.25, -0.2) is 14.4 Å². The fraction of sp³-hybridized carbons (Fsp3) is 0.240. The summed E-state index contributed by atoms with van der Waals surface area (Å²) in [5.74, 6) is 0.783. The molecule has 3 aromatic heterocycles. The summed E-state index contributed by atoms with van der Waals surface area (Å²) in [5, 5.41) is 0.722. The number of rotatable bonds is 6. The maximum absolute atomic E-state index is 13.3. The van der Waals surface area contributed by atoms with E-state index < -0.39 is 0 Å². The lowest BCUT2D eigenvalue weighted by atomic mass is 10.1. The number of halogens is 1. The predicted octanol–water partition coefficient (Wildman–Crippen LogP) is 5.10. The van der Waals surface area contributed by atoms with Gasteiger partial charge >= 0.3 is 5.97 Å².